The summed E-state index contributed by atoms with van der Waals surface area (Å²) in [4.78, 5) is 6.74. The molecule has 0 radical (unpaired) electrons. The van der Waals surface area contributed by atoms with Crippen molar-refractivity contribution in [1.82, 2.24) is 24.8 Å². The lowest BCUT2D eigenvalue weighted by Crippen LogP contribution is -2.50. The van der Waals surface area contributed by atoms with Crippen molar-refractivity contribution < 1.29 is 0 Å². The van der Waals surface area contributed by atoms with Gasteiger partial charge >= 0.3 is 0 Å². The summed E-state index contributed by atoms with van der Waals surface area (Å²) in [6.45, 7) is 4.91. The van der Waals surface area contributed by atoms with Gasteiger partial charge in [-0.1, -0.05) is 0 Å². The summed E-state index contributed by atoms with van der Waals surface area (Å²) < 4.78 is 1.87. The van der Waals surface area contributed by atoms with Crippen molar-refractivity contribution in [2.24, 2.45) is 5.92 Å². The largest absolute Gasteiger partial charge is 0.368 e. The molecule has 0 unspecified atom stereocenters. The van der Waals surface area contributed by atoms with Crippen LogP contribution in [0.2, 0.25) is 0 Å². The van der Waals surface area contributed by atoms with Gasteiger partial charge in [-0.15, -0.1) is 5.10 Å². The quantitative estimate of drug-likeness (QED) is 0.771. The molecule has 3 aromatic rings. The van der Waals surface area contributed by atoms with E-state index < -0.39 is 0 Å². The molecule has 1 N–H and O–H groups in total. The summed E-state index contributed by atoms with van der Waals surface area (Å²) in [5.41, 5.74) is 3.18. The molecule has 128 valence electrons. The molecule has 25 heavy (non-hydrogen) atoms. The Hall–Kier alpha value is -2.70. The highest BCUT2D eigenvalue weighted by molar-refractivity contribution is 5.67. The Morgan fingerprint density at radius 2 is 2.08 bits per heavy atom. The summed E-state index contributed by atoms with van der Waals surface area (Å²) in [6, 6.07) is 6.30. The third-order valence-electron chi connectivity index (χ3n) is 5.02. The predicted octanol–water partition coefficient (Wildman–Crippen LogP) is 2.25. The molecule has 0 bridgehead atoms. The second-order valence-electron chi connectivity index (χ2n) is 7.13. The molecule has 3 aromatic heterocycles. The third-order valence-corrected chi connectivity index (χ3v) is 5.02. The van der Waals surface area contributed by atoms with Crippen LogP contribution in [0.15, 0.2) is 30.6 Å². The molecule has 0 spiro atoms. The van der Waals surface area contributed by atoms with E-state index in [0.717, 1.165) is 48.2 Å². The molecule has 0 atom stereocenters. The molecule has 0 aromatic carbocycles. The van der Waals surface area contributed by atoms with Crippen LogP contribution >= 0.6 is 0 Å². The second-order valence-corrected chi connectivity index (χ2v) is 7.13. The zero-order chi connectivity index (χ0) is 16.8. The predicted molar refractivity (Wildman–Crippen MR) is 95.9 cm³/mol. The standard InChI is InChI=1S/C18H21N7/c1-12-8-16-18(19-6-7-25(16)23-12)20-9-13-10-24(11-13)17-5-4-15(21-22-17)14-2-3-14/h4-8,13-14H,2-3,9-11H2,1H3,(H,19,20). The first-order valence-electron chi connectivity index (χ1n) is 8.90. The number of nitrogens with one attached hydrogen (secondary N) is 1. The van der Waals surface area contributed by atoms with Gasteiger partial charge in [0, 0.05) is 43.9 Å². The van der Waals surface area contributed by atoms with Gasteiger partial charge in [0.05, 0.1) is 11.4 Å². The lowest BCUT2D eigenvalue weighted by Gasteiger charge is -2.40. The number of hydrogen-bond acceptors (Lipinski definition) is 6. The zero-order valence-corrected chi connectivity index (χ0v) is 14.3. The van der Waals surface area contributed by atoms with E-state index in [1.54, 1.807) is 6.20 Å². The summed E-state index contributed by atoms with van der Waals surface area (Å²) in [6.07, 6.45) is 6.19. The monoisotopic (exact) mass is 335 g/mol. The number of aromatic nitrogens is 5. The minimum Gasteiger partial charge on any atom is -0.368 e. The Bertz CT molecular complexity index is 891. The Balaban J connectivity index is 1.18. The molecule has 1 aliphatic heterocycles. The molecule has 2 fully saturated rings. The number of rotatable bonds is 5. The van der Waals surface area contributed by atoms with Crippen molar-refractivity contribution in [2.75, 3.05) is 29.9 Å². The van der Waals surface area contributed by atoms with E-state index in [1.807, 2.05) is 17.6 Å². The first-order valence-corrected chi connectivity index (χ1v) is 8.90. The van der Waals surface area contributed by atoms with Crippen molar-refractivity contribution in [2.45, 2.75) is 25.7 Å². The average molecular weight is 335 g/mol. The molecule has 0 amide bonds. The molecule has 1 saturated heterocycles. The van der Waals surface area contributed by atoms with Crippen molar-refractivity contribution >= 4 is 17.2 Å². The van der Waals surface area contributed by atoms with Gasteiger partial charge in [0.1, 0.15) is 5.52 Å². The number of hydrogen-bond donors (Lipinski definition) is 1. The van der Waals surface area contributed by atoms with Gasteiger partial charge < -0.3 is 10.2 Å². The van der Waals surface area contributed by atoms with Crippen LogP contribution in [0.4, 0.5) is 11.6 Å². The first kappa shape index (κ1) is 14.6. The van der Waals surface area contributed by atoms with Crippen molar-refractivity contribution in [3.63, 3.8) is 0 Å². The molecule has 4 heterocycles. The fourth-order valence-corrected chi connectivity index (χ4v) is 3.41. The minimum atomic E-state index is 0.594. The highest BCUT2D eigenvalue weighted by Gasteiger charge is 2.29. The number of nitrogens with zero attached hydrogens (tertiary/aromatic N) is 6. The van der Waals surface area contributed by atoms with E-state index in [0.29, 0.717) is 11.8 Å². The molecule has 1 aliphatic carbocycles. The van der Waals surface area contributed by atoms with Crippen LogP contribution in [0.3, 0.4) is 0 Å². The lowest BCUT2D eigenvalue weighted by atomic mass is 10.0. The molecule has 5 rings (SSSR count). The molecule has 1 saturated carbocycles. The zero-order valence-electron chi connectivity index (χ0n) is 14.3. The molecular weight excluding hydrogens is 314 g/mol. The minimum absolute atomic E-state index is 0.594. The maximum absolute atomic E-state index is 4.45. The van der Waals surface area contributed by atoms with Crippen LogP contribution in [0, 0.1) is 12.8 Å². The van der Waals surface area contributed by atoms with Crippen LogP contribution in [0.1, 0.15) is 30.1 Å². The van der Waals surface area contributed by atoms with Gasteiger partial charge in [0.25, 0.3) is 0 Å². The SMILES string of the molecule is Cc1cc2c(NCC3CN(c4ccc(C5CC5)nn4)C3)nccn2n1. The van der Waals surface area contributed by atoms with Crippen LogP contribution < -0.4 is 10.2 Å². The normalized spacial score (nSPS) is 17.7. The highest BCUT2D eigenvalue weighted by Crippen LogP contribution is 2.39. The van der Waals surface area contributed by atoms with E-state index in [9.17, 15) is 0 Å². The van der Waals surface area contributed by atoms with Crippen molar-refractivity contribution in [1.29, 1.82) is 0 Å². The van der Waals surface area contributed by atoms with E-state index in [2.05, 4.69) is 48.7 Å². The number of aryl methyl sites for hydroxylation is 1. The molecule has 7 nitrogen and oxygen atoms in total. The first-order chi connectivity index (χ1) is 12.3. The van der Waals surface area contributed by atoms with E-state index >= 15 is 0 Å². The van der Waals surface area contributed by atoms with Gasteiger partial charge in [-0.2, -0.15) is 10.2 Å². The van der Waals surface area contributed by atoms with Gasteiger partial charge in [0.2, 0.25) is 0 Å². The van der Waals surface area contributed by atoms with Crippen LogP contribution in [0.25, 0.3) is 5.52 Å². The van der Waals surface area contributed by atoms with E-state index in [-0.39, 0.29) is 0 Å². The van der Waals surface area contributed by atoms with Crippen molar-refractivity contribution in [3.05, 3.63) is 42.0 Å². The highest BCUT2D eigenvalue weighted by atomic mass is 15.3. The topological polar surface area (TPSA) is 71.2 Å². The summed E-state index contributed by atoms with van der Waals surface area (Å²) >= 11 is 0. The maximum Gasteiger partial charge on any atom is 0.152 e. The number of fused-ring (bicyclic) bond motifs is 1. The summed E-state index contributed by atoms with van der Waals surface area (Å²) in [7, 11) is 0. The molecule has 2 aliphatic rings. The van der Waals surface area contributed by atoms with E-state index in [1.165, 1.54) is 12.8 Å². The van der Waals surface area contributed by atoms with Gasteiger partial charge in [-0.05, 0) is 38.0 Å². The molecule has 7 heteroatoms. The Labute approximate surface area is 146 Å². The van der Waals surface area contributed by atoms with Gasteiger partial charge in [0.15, 0.2) is 11.6 Å². The summed E-state index contributed by atoms with van der Waals surface area (Å²) in [5.74, 6) is 3.15. The molecular formula is C18H21N7. The summed E-state index contributed by atoms with van der Waals surface area (Å²) in [5, 5.41) is 16.7. The smallest absolute Gasteiger partial charge is 0.152 e. The average Bonchev–Trinajstić information content (AvgIpc) is 3.35. The van der Waals surface area contributed by atoms with E-state index in [4.69, 9.17) is 0 Å². The second kappa shape index (κ2) is 5.68. The maximum atomic E-state index is 4.45. The Morgan fingerprint density at radius 1 is 1.20 bits per heavy atom. The van der Waals surface area contributed by atoms with Crippen LogP contribution in [0.5, 0.6) is 0 Å². The Kier molecular flexibility index (Phi) is 3.33. The fourth-order valence-electron chi connectivity index (χ4n) is 3.41. The van der Waals surface area contributed by atoms with Gasteiger partial charge in [-0.3, -0.25) is 0 Å². The fraction of sp³-hybridized carbons (Fsp3) is 0.444. The Morgan fingerprint density at radius 3 is 2.84 bits per heavy atom. The third kappa shape index (κ3) is 2.79. The lowest BCUT2D eigenvalue weighted by molar-refractivity contribution is 0.425. The number of anilines is 2. The van der Waals surface area contributed by atoms with Gasteiger partial charge in [-0.25, -0.2) is 9.50 Å². The van der Waals surface area contributed by atoms with Crippen molar-refractivity contribution in [3.8, 4) is 0 Å². The van der Waals surface area contributed by atoms with Crippen LogP contribution in [-0.2, 0) is 0 Å². The van der Waals surface area contributed by atoms with Crippen LogP contribution in [-0.4, -0.2) is 44.4 Å².